The van der Waals surface area contributed by atoms with Crippen LogP contribution in [-0.2, 0) is 0 Å². The summed E-state index contributed by atoms with van der Waals surface area (Å²) in [7, 11) is 1.75. The third-order valence-electron chi connectivity index (χ3n) is 2.57. The van der Waals surface area contributed by atoms with Crippen molar-refractivity contribution in [3.63, 3.8) is 0 Å². The Balaban J connectivity index is 2.35. The molecule has 6 heteroatoms. The molecular weight excluding hydrogens is 230 g/mol. The maximum absolute atomic E-state index is 11.6. The maximum Gasteiger partial charge on any atom is 0.291 e. The molecule has 0 unspecified atom stereocenters. The largest absolute Gasteiger partial charge is 0.384 e. The first kappa shape index (κ1) is 11.8. The second kappa shape index (κ2) is 4.70. The molecule has 0 atom stereocenters. The highest BCUT2D eigenvalue weighted by molar-refractivity contribution is 5.95. The monoisotopic (exact) mass is 243 g/mol. The van der Waals surface area contributed by atoms with E-state index in [9.17, 15) is 4.79 Å². The minimum Gasteiger partial charge on any atom is -0.384 e. The van der Waals surface area contributed by atoms with E-state index in [1.54, 1.807) is 36.2 Å². The molecule has 0 saturated carbocycles. The molecule has 0 bridgehead atoms. The third kappa shape index (κ3) is 2.22. The van der Waals surface area contributed by atoms with Gasteiger partial charge in [0.15, 0.2) is 5.82 Å². The van der Waals surface area contributed by atoms with Crippen molar-refractivity contribution in [1.82, 2.24) is 9.97 Å². The molecule has 0 saturated heterocycles. The zero-order chi connectivity index (χ0) is 13.1. The van der Waals surface area contributed by atoms with Gasteiger partial charge in [0.25, 0.3) is 5.56 Å². The molecule has 0 radical (unpaired) electrons. The molecule has 0 fully saturated rings. The van der Waals surface area contributed by atoms with Crippen LogP contribution >= 0.6 is 0 Å². The van der Waals surface area contributed by atoms with Crippen LogP contribution < -0.4 is 16.2 Å². The fourth-order valence-electron chi connectivity index (χ4n) is 1.57. The normalized spacial score (nSPS) is 10.1. The van der Waals surface area contributed by atoms with Crippen LogP contribution in [0.4, 0.5) is 11.5 Å². The molecule has 2 rings (SSSR count). The highest BCUT2D eigenvalue weighted by Gasteiger charge is 2.09. The number of anilines is 2. The Morgan fingerprint density at radius 2 is 2.06 bits per heavy atom. The number of nitrogen functional groups attached to an aromatic ring is 1. The van der Waals surface area contributed by atoms with E-state index in [1.807, 2.05) is 0 Å². The van der Waals surface area contributed by atoms with E-state index in [4.69, 9.17) is 11.1 Å². The smallest absolute Gasteiger partial charge is 0.291 e. The van der Waals surface area contributed by atoms with Crippen molar-refractivity contribution in [3.8, 4) is 0 Å². The summed E-state index contributed by atoms with van der Waals surface area (Å²) in [6, 6.07) is 7.02. The standard InChI is InChI=1S/C12H13N5O/c1-17(11-12(18)16-7-6-15-11)9-4-2-8(3-5-9)10(13)14/h2-7H,1H3,(H3,13,14)(H,16,18). The van der Waals surface area contributed by atoms with Gasteiger partial charge in [0.05, 0.1) is 0 Å². The highest BCUT2D eigenvalue weighted by Crippen LogP contribution is 2.18. The fourth-order valence-corrected chi connectivity index (χ4v) is 1.57. The fraction of sp³-hybridized carbons (Fsp3) is 0.0833. The van der Waals surface area contributed by atoms with E-state index >= 15 is 0 Å². The van der Waals surface area contributed by atoms with Crippen molar-refractivity contribution in [1.29, 1.82) is 5.41 Å². The summed E-state index contributed by atoms with van der Waals surface area (Å²) < 4.78 is 0. The zero-order valence-corrected chi connectivity index (χ0v) is 9.84. The summed E-state index contributed by atoms with van der Waals surface area (Å²) in [5.41, 5.74) is 6.56. The van der Waals surface area contributed by atoms with E-state index in [0.29, 0.717) is 11.4 Å². The lowest BCUT2D eigenvalue weighted by Gasteiger charge is -2.17. The third-order valence-corrected chi connectivity index (χ3v) is 2.57. The Hall–Kier alpha value is -2.63. The van der Waals surface area contributed by atoms with E-state index in [2.05, 4.69) is 9.97 Å². The Morgan fingerprint density at radius 3 is 2.61 bits per heavy atom. The highest BCUT2D eigenvalue weighted by atomic mass is 16.1. The van der Waals surface area contributed by atoms with Crippen molar-refractivity contribution in [2.45, 2.75) is 0 Å². The number of hydrogen-bond donors (Lipinski definition) is 3. The Kier molecular flexibility index (Phi) is 3.09. The van der Waals surface area contributed by atoms with Gasteiger partial charge in [-0.15, -0.1) is 0 Å². The van der Waals surface area contributed by atoms with Gasteiger partial charge in [-0.3, -0.25) is 10.2 Å². The van der Waals surface area contributed by atoms with Crippen LogP contribution in [0.1, 0.15) is 5.56 Å². The molecule has 6 nitrogen and oxygen atoms in total. The Bertz CT molecular complexity index is 617. The molecule has 92 valence electrons. The number of amidine groups is 1. The van der Waals surface area contributed by atoms with Gasteiger partial charge in [-0.05, 0) is 24.3 Å². The van der Waals surface area contributed by atoms with Crippen molar-refractivity contribution in [3.05, 3.63) is 52.6 Å². The van der Waals surface area contributed by atoms with Gasteiger partial charge in [-0.1, -0.05) is 0 Å². The molecule has 2 aromatic rings. The first-order chi connectivity index (χ1) is 8.59. The number of nitrogens with two attached hydrogens (primary N) is 1. The van der Waals surface area contributed by atoms with Crippen LogP contribution in [0.3, 0.4) is 0 Å². The summed E-state index contributed by atoms with van der Waals surface area (Å²) in [6.45, 7) is 0. The van der Waals surface area contributed by atoms with Gasteiger partial charge in [-0.25, -0.2) is 4.98 Å². The van der Waals surface area contributed by atoms with Gasteiger partial charge in [-0.2, -0.15) is 0 Å². The first-order valence-electron chi connectivity index (χ1n) is 5.31. The van der Waals surface area contributed by atoms with Gasteiger partial charge in [0, 0.05) is 30.7 Å². The number of nitrogens with zero attached hydrogens (tertiary/aromatic N) is 2. The lowest BCUT2D eigenvalue weighted by atomic mass is 10.2. The van der Waals surface area contributed by atoms with Crippen molar-refractivity contribution in [2.75, 3.05) is 11.9 Å². The van der Waals surface area contributed by atoms with E-state index in [0.717, 1.165) is 5.69 Å². The number of aromatic amines is 1. The number of benzene rings is 1. The van der Waals surface area contributed by atoms with Gasteiger partial charge < -0.3 is 15.6 Å². The molecular formula is C12H13N5O. The quantitative estimate of drug-likeness (QED) is 0.549. The van der Waals surface area contributed by atoms with E-state index in [-0.39, 0.29) is 11.4 Å². The summed E-state index contributed by atoms with van der Waals surface area (Å²) >= 11 is 0. The van der Waals surface area contributed by atoms with Crippen LogP contribution in [0, 0.1) is 5.41 Å². The summed E-state index contributed by atoms with van der Waals surface area (Å²) in [4.78, 5) is 19.9. The molecule has 4 N–H and O–H groups in total. The summed E-state index contributed by atoms with van der Waals surface area (Å²) in [6.07, 6.45) is 3.01. The van der Waals surface area contributed by atoms with Crippen molar-refractivity contribution < 1.29 is 0 Å². The van der Waals surface area contributed by atoms with Crippen LogP contribution in [0.2, 0.25) is 0 Å². The SMILES string of the molecule is CN(c1ccc(C(=N)N)cc1)c1ncc[nH]c1=O. The molecule has 0 aliphatic rings. The minimum absolute atomic E-state index is 0.0138. The number of rotatable bonds is 3. The second-order valence-corrected chi connectivity index (χ2v) is 3.76. The van der Waals surface area contributed by atoms with Crippen LogP contribution in [0.25, 0.3) is 0 Å². The number of nitrogens with one attached hydrogen (secondary N) is 2. The van der Waals surface area contributed by atoms with E-state index in [1.165, 1.54) is 12.4 Å². The molecule has 0 aliphatic carbocycles. The van der Waals surface area contributed by atoms with Gasteiger partial charge in [0.2, 0.25) is 0 Å². The van der Waals surface area contributed by atoms with Crippen LogP contribution in [0.15, 0.2) is 41.5 Å². The van der Waals surface area contributed by atoms with Gasteiger partial charge in [0.1, 0.15) is 5.84 Å². The second-order valence-electron chi connectivity index (χ2n) is 3.76. The predicted molar refractivity (Wildman–Crippen MR) is 70.4 cm³/mol. The average Bonchev–Trinajstić information content (AvgIpc) is 2.38. The average molecular weight is 243 g/mol. The lowest BCUT2D eigenvalue weighted by Crippen LogP contribution is -2.21. The molecule has 18 heavy (non-hydrogen) atoms. The van der Waals surface area contributed by atoms with Gasteiger partial charge >= 0.3 is 0 Å². The van der Waals surface area contributed by atoms with Crippen LogP contribution in [0.5, 0.6) is 0 Å². The maximum atomic E-state index is 11.6. The molecule has 0 spiro atoms. The van der Waals surface area contributed by atoms with Crippen molar-refractivity contribution >= 4 is 17.3 Å². The molecule has 0 aliphatic heterocycles. The number of hydrogen-bond acceptors (Lipinski definition) is 4. The predicted octanol–water partition coefficient (Wildman–Crippen LogP) is 0.822. The lowest BCUT2D eigenvalue weighted by molar-refractivity contribution is 1.05. The minimum atomic E-state index is -0.254. The summed E-state index contributed by atoms with van der Waals surface area (Å²) in [5, 5.41) is 7.31. The van der Waals surface area contributed by atoms with Crippen molar-refractivity contribution in [2.24, 2.45) is 5.73 Å². The Labute approximate surface area is 104 Å². The van der Waals surface area contributed by atoms with E-state index < -0.39 is 0 Å². The molecule has 1 aromatic heterocycles. The number of aromatic nitrogens is 2. The van der Waals surface area contributed by atoms with Crippen LogP contribution in [-0.4, -0.2) is 22.9 Å². The Morgan fingerprint density at radius 1 is 1.39 bits per heavy atom. The first-order valence-corrected chi connectivity index (χ1v) is 5.31. The number of H-pyrrole nitrogens is 1. The summed E-state index contributed by atoms with van der Waals surface area (Å²) in [5.74, 6) is 0.327. The zero-order valence-electron chi connectivity index (χ0n) is 9.84. The molecule has 1 aromatic carbocycles. The molecule has 0 amide bonds. The molecule has 1 heterocycles. The topological polar surface area (TPSA) is 98.9 Å².